The first kappa shape index (κ1) is 13.3. The molecule has 0 spiro atoms. The first-order chi connectivity index (χ1) is 9.20. The zero-order valence-corrected chi connectivity index (χ0v) is 11.4. The molecule has 4 heteroatoms. The van der Waals surface area contributed by atoms with Crippen LogP contribution in [0.5, 0.6) is 0 Å². The summed E-state index contributed by atoms with van der Waals surface area (Å²) in [6.07, 6.45) is 2.29. The Morgan fingerprint density at radius 1 is 1.26 bits per heavy atom. The first-order valence-electron chi connectivity index (χ1n) is 6.54. The summed E-state index contributed by atoms with van der Waals surface area (Å²) < 4.78 is 0. The van der Waals surface area contributed by atoms with Crippen LogP contribution in [0.1, 0.15) is 20.3 Å². The van der Waals surface area contributed by atoms with Crippen LogP contribution < -0.4 is 4.90 Å². The van der Waals surface area contributed by atoms with Crippen molar-refractivity contribution in [3.8, 4) is 6.07 Å². The predicted octanol–water partition coefficient (Wildman–Crippen LogP) is 3.01. The monoisotopic (exact) mass is 254 g/mol. The van der Waals surface area contributed by atoms with Gasteiger partial charge < -0.3 is 4.90 Å². The quantitative estimate of drug-likeness (QED) is 0.823. The third-order valence-electron chi connectivity index (χ3n) is 2.84. The number of aromatic nitrogens is 2. The second kappa shape index (κ2) is 6.14. The number of para-hydroxylation sites is 2. The summed E-state index contributed by atoms with van der Waals surface area (Å²) in [6, 6.07) is 10.0. The van der Waals surface area contributed by atoms with Crippen molar-refractivity contribution in [3.05, 3.63) is 30.5 Å². The number of nitriles is 1. The Morgan fingerprint density at radius 2 is 2.00 bits per heavy atom. The highest BCUT2D eigenvalue weighted by Gasteiger charge is 2.10. The normalized spacial score (nSPS) is 10.6. The third kappa shape index (κ3) is 3.41. The van der Waals surface area contributed by atoms with Gasteiger partial charge in [-0.2, -0.15) is 5.26 Å². The van der Waals surface area contributed by atoms with Crippen molar-refractivity contribution in [3.63, 3.8) is 0 Å². The highest BCUT2D eigenvalue weighted by molar-refractivity contribution is 5.75. The number of hydrogen-bond donors (Lipinski definition) is 0. The van der Waals surface area contributed by atoms with Crippen LogP contribution in [0.4, 0.5) is 5.82 Å². The Bertz CT molecular complexity index is 586. The molecule has 1 aromatic carbocycles. The van der Waals surface area contributed by atoms with E-state index in [0.29, 0.717) is 18.9 Å². The molecule has 0 N–H and O–H groups in total. The number of anilines is 1. The van der Waals surface area contributed by atoms with E-state index in [9.17, 15) is 0 Å². The van der Waals surface area contributed by atoms with E-state index in [-0.39, 0.29) is 0 Å². The van der Waals surface area contributed by atoms with Gasteiger partial charge >= 0.3 is 0 Å². The maximum absolute atomic E-state index is 8.76. The minimum absolute atomic E-state index is 0.501. The van der Waals surface area contributed by atoms with E-state index >= 15 is 0 Å². The molecule has 0 saturated carbocycles. The van der Waals surface area contributed by atoms with Crippen molar-refractivity contribution < 1.29 is 0 Å². The van der Waals surface area contributed by atoms with E-state index in [1.54, 1.807) is 6.20 Å². The van der Waals surface area contributed by atoms with Crippen molar-refractivity contribution in [1.29, 1.82) is 5.26 Å². The smallest absolute Gasteiger partial charge is 0.147 e. The lowest BCUT2D eigenvalue weighted by atomic mass is 10.2. The van der Waals surface area contributed by atoms with Crippen LogP contribution >= 0.6 is 0 Å². The molecule has 1 heterocycles. The number of hydrogen-bond acceptors (Lipinski definition) is 4. The molecule has 4 nitrogen and oxygen atoms in total. The van der Waals surface area contributed by atoms with Crippen LogP contribution in [0.3, 0.4) is 0 Å². The molecule has 0 saturated heterocycles. The van der Waals surface area contributed by atoms with Crippen molar-refractivity contribution in [2.75, 3.05) is 18.0 Å². The van der Waals surface area contributed by atoms with Gasteiger partial charge in [0.15, 0.2) is 0 Å². The fraction of sp³-hybridized carbons (Fsp3) is 0.400. The molecular formula is C15H18N4. The van der Waals surface area contributed by atoms with Crippen LogP contribution in [0, 0.1) is 17.2 Å². The zero-order chi connectivity index (χ0) is 13.7. The lowest BCUT2D eigenvalue weighted by Gasteiger charge is -2.24. The summed E-state index contributed by atoms with van der Waals surface area (Å²) in [7, 11) is 0. The van der Waals surface area contributed by atoms with Crippen molar-refractivity contribution in [2.24, 2.45) is 5.92 Å². The molecule has 0 radical (unpaired) electrons. The van der Waals surface area contributed by atoms with Gasteiger partial charge in [0.05, 0.1) is 29.7 Å². The van der Waals surface area contributed by atoms with Gasteiger partial charge in [-0.25, -0.2) is 4.98 Å². The fourth-order valence-electron chi connectivity index (χ4n) is 2.02. The average molecular weight is 254 g/mol. The Hall–Kier alpha value is -2.15. The highest BCUT2D eigenvalue weighted by atomic mass is 15.2. The van der Waals surface area contributed by atoms with Gasteiger partial charge in [0.2, 0.25) is 0 Å². The number of fused-ring (bicyclic) bond motifs is 1. The molecule has 0 amide bonds. The van der Waals surface area contributed by atoms with Crippen LogP contribution in [0.2, 0.25) is 0 Å². The lowest BCUT2D eigenvalue weighted by Crippen LogP contribution is -2.29. The maximum Gasteiger partial charge on any atom is 0.147 e. The van der Waals surface area contributed by atoms with Crippen LogP contribution in [-0.2, 0) is 0 Å². The predicted molar refractivity (Wildman–Crippen MR) is 76.8 cm³/mol. The fourth-order valence-corrected chi connectivity index (χ4v) is 2.02. The van der Waals surface area contributed by atoms with E-state index in [1.165, 1.54) is 0 Å². The topological polar surface area (TPSA) is 52.8 Å². The SMILES string of the molecule is CC(C)CN(CCC#N)c1cnc2ccccc2n1. The summed E-state index contributed by atoms with van der Waals surface area (Å²) in [5.41, 5.74) is 1.79. The Morgan fingerprint density at radius 3 is 2.68 bits per heavy atom. The molecule has 0 fully saturated rings. The standard InChI is InChI=1S/C15H18N4/c1-12(2)11-19(9-5-8-16)15-10-17-13-6-3-4-7-14(13)18-15/h3-4,6-7,10,12H,5,9,11H2,1-2H3. The Labute approximate surface area is 113 Å². The molecule has 0 aliphatic heterocycles. The van der Waals surface area contributed by atoms with Crippen molar-refractivity contribution in [2.45, 2.75) is 20.3 Å². The number of rotatable bonds is 5. The summed E-state index contributed by atoms with van der Waals surface area (Å²) in [5.74, 6) is 1.37. The van der Waals surface area contributed by atoms with E-state index in [4.69, 9.17) is 5.26 Å². The Kier molecular flexibility index (Phi) is 4.30. The molecule has 98 valence electrons. The minimum Gasteiger partial charge on any atom is -0.354 e. The summed E-state index contributed by atoms with van der Waals surface area (Å²) in [5, 5.41) is 8.76. The van der Waals surface area contributed by atoms with Gasteiger partial charge in [0, 0.05) is 13.1 Å². The molecule has 2 aromatic rings. The highest BCUT2D eigenvalue weighted by Crippen LogP contribution is 2.16. The van der Waals surface area contributed by atoms with Gasteiger partial charge in [-0.3, -0.25) is 4.98 Å². The van der Waals surface area contributed by atoms with Gasteiger partial charge in [0.1, 0.15) is 5.82 Å². The van der Waals surface area contributed by atoms with Crippen molar-refractivity contribution in [1.82, 2.24) is 9.97 Å². The minimum atomic E-state index is 0.501. The molecule has 2 rings (SSSR count). The molecule has 0 bridgehead atoms. The van der Waals surface area contributed by atoms with E-state index in [0.717, 1.165) is 23.4 Å². The van der Waals surface area contributed by atoms with E-state index < -0.39 is 0 Å². The average Bonchev–Trinajstić information content (AvgIpc) is 2.42. The van der Waals surface area contributed by atoms with Crippen LogP contribution in [-0.4, -0.2) is 23.1 Å². The second-order valence-electron chi connectivity index (χ2n) is 4.96. The maximum atomic E-state index is 8.76. The largest absolute Gasteiger partial charge is 0.354 e. The van der Waals surface area contributed by atoms with Gasteiger partial charge in [-0.15, -0.1) is 0 Å². The lowest BCUT2D eigenvalue weighted by molar-refractivity contribution is 0.608. The molecule has 0 atom stereocenters. The molecule has 1 aromatic heterocycles. The Balaban J connectivity index is 2.29. The zero-order valence-electron chi connectivity index (χ0n) is 11.4. The number of benzene rings is 1. The van der Waals surface area contributed by atoms with Crippen LogP contribution in [0.25, 0.3) is 11.0 Å². The van der Waals surface area contributed by atoms with Crippen molar-refractivity contribution >= 4 is 16.9 Å². The summed E-state index contributed by atoms with van der Waals surface area (Å²) in [6.45, 7) is 5.90. The molecule has 0 aliphatic carbocycles. The van der Waals surface area contributed by atoms with E-state index in [1.807, 2.05) is 24.3 Å². The number of nitrogens with zero attached hydrogens (tertiary/aromatic N) is 4. The third-order valence-corrected chi connectivity index (χ3v) is 2.84. The molecule has 0 aliphatic rings. The molecular weight excluding hydrogens is 236 g/mol. The van der Waals surface area contributed by atoms with E-state index in [2.05, 4.69) is 34.8 Å². The summed E-state index contributed by atoms with van der Waals surface area (Å²) >= 11 is 0. The first-order valence-corrected chi connectivity index (χ1v) is 6.54. The molecule has 19 heavy (non-hydrogen) atoms. The second-order valence-corrected chi connectivity index (χ2v) is 4.96. The summed E-state index contributed by atoms with van der Waals surface area (Å²) in [4.78, 5) is 11.2. The molecule has 0 unspecified atom stereocenters. The van der Waals surface area contributed by atoms with Gasteiger partial charge in [-0.1, -0.05) is 26.0 Å². The van der Waals surface area contributed by atoms with Gasteiger partial charge in [0.25, 0.3) is 0 Å². The van der Waals surface area contributed by atoms with Crippen LogP contribution in [0.15, 0.2) is 30.5 Å². The van der Waals surface area contributed by atoms with Gasteiger partial charge in [-0.05, 0) is 18.1 Å².